The van der Waals surface area contributed by atoms with Gasteiger partial charge < -0.3 is 14.6 Å². The summed E-state index contributed by atoms with van der Waals surface area (Å²) in [6.45, 7) is 3.34. The van der Waals surface area contributed by atoms with Crippen molar-refractivity contribution >= 4 is 22.5 Å². The van der Waals surface area contributed by atoms with Crippen molar-refractivity contribution in [3.05, 3.63) is 75.9 Å². The van der Waals surface area contributed by atoms with Crippen molar-refractivity contribution in [3.8, 4) is 0 Å². The largest absolute Gasteiger partial charge is 0.384 e. The molecule has 5 heteroatoms. The molecule has 0 saturated carbocycles. The number of ether oxygens (including phenoxy) is 2. The molecule has 0 spiro atoms. The standard InChI is InChI=1S/C24H26ClNO3/c1-2-17-7-6-16(15-29-23-5-3-4-10-28-23)11-21(17)24(27)18-8-9-22-19(12-18)13-20(25)14-26-22/h6-9,11-14,23-24,27H,2-5,10,15H2,1H3. The van der Waals surface area contributed by atoms with Crippen LogP contribution in [0, 0.1) is 0 Å². The second-order valence-corrected chi connectivity index (χ2v) is 7.94. The molecule has 1 aliphatic heterocycles. The van der Waals surface area contributed by atoms with Crippen LogP contribution in [0.3, 0.4) is 0 Å². The van der Waals surface area contributed by atoms with Gasteiger partial charge in [0.25, 0.3) is 0 Å². The predicted octanol–water partition coefficient (Wildman–Crippen LogP) is 5.58. The molecule has 1 saturated heterocycles. The van der Waals surface area contributed by atoms with E-state index >= 15 is 0 Å². The average Bonchev–Trinajstić information content (AvgIpc) is 2.77. The molecule has 0 radical (unpaired) electrons. The fourth-order valence-electron chi connectivity index (χ4n) is 3.82. The van der Waals surface area contributed by atoms with Gasteiger partial charge in [0.2, 0.25) is 0 Å². The summed E-state index contributed by atoms with van der Waals surface area (Å²) in [5.74, 6) is 0. The van der Waals surface area contributed by atoms with Gasteiger partial charge in [0.05, 0.1) is 17.1 Å². The quantitative estimate of drug-likeness (QED) is 0.575. The molecule has 0 bridgehead atoms. The molecule has 152 valence electrons. The number of hydrogen-bond acceptors (Lipinski definition) is 4. The highest BCUT2D eigenvalue weighted by molar-refractivity contribution is 6.31. The van der Waals surface area contributed by atoms with Gasteiger partial charge in [0.15, 0.2) is 6.29 Å². The summed E-state index contributed by atoms with van der Waals surface area (Å²) in [5.41, 5.74) is 4.75. The van der Waals surface area contributed by atoms with E-state index in [9.17, 15) is 5.11 Å². The second kappa shape index (κ2) is 9.23. The molecule has 2 heterocycles. The van der Waals surface area contributed by atoms with Gasteiger partial charge in [0, 0.05) is 18.2 Å². The Labute approximate surface area is 176 Å². The van der Waals surface area contributed by atoms with Crippen molar-refractivity contribution in [2.75, 3.05) is 6.61 Å². The lowest BCUT2D eigenvalue weighted by Crippen LogP contribution is -2.22. The van der Waals surface area contributed by atoms with Crippen molar-refractivity contribution in [2.24, 2.45) is 0 Å². The maximum absolute atomic E-state index is 11.2. The van der Waals surface area contributed by atoms with Crippen LogP contribution in [0.15, 0.2) is 48.7 Å². The molecule has 0 aliphatic carbocycles. The van der Waals surface area contributed by atoms with E-state index in [0.29, 0.717) is 11.6 Å². The SMILES string of the molecule is CCc1ccc(COC2CCCCO2)cc1C(O)c1ccc2ncc(Cl)cc2c1. The van der Waals surface area contributed by atoms with Gasteiger partial charge in [0.1, 0.15) is 6.10 Å². The highest BCUT2D eigenvalue weighted by atomic mass is 35.5. The summed E-state index contributed by atoms with van der Waals surface area (Å²) < 4.78 is 11.6. The molecule has 1 fully saturated rings. The Kier molecular flexibility index (Phi) is 6.46. The molecule has 2 unspecified atom stereocenters. The number of aliphatic hydroxyl groups excluding tert-OH is 1. The minimum absolute atomic E-state index is 0.124. The Morgan fingerprint density at radius 1 is 1.21 bits per heavy atom. The Bertz CT molecular complexity index is 985. The minimum Gasteiger partial charge on any atom is -0.384 e. The van der Waals surface area contributed by atoms with Crippen molar-refractivity contribution < 1.29 is 14.6 Å². The van der Waals surface area contributed by atoms with E-state index in [1.165, 1.54) is 0 Å². The van der Waals surface area contributed by atoms with Crippen LogP contribution in [0.2, 0.25) is 5.02 Å². The van der Waals surface area contributed by atoms with Gasteiger partial charge in [-0.05, 0) is 66.1 Å². The van der Waals surface area contributed by atoms with Crippen LogP contribution in [0.5, 0.6) is 0 Å². The van der Waals surface area contributed by atoms with E-state index in [1.807, 2.05) is 30.3 Å². The van der Waals surface area contributed by atoms with Crippen molar-refractivity contribution in [3.63, 3.8) is 0 Å². The number of aryl methyl sites for hydroxylation is 1. The molecule has 0 amide bonds. The number of hydrogen-bond donors (Lipinski definition) is 1. The maximum atomic E-state index is 11.2. The Balaban J connectivity index is 1.58. The molecule has 29 heavy (non-hydrogen) atoms. The van der Waals surface area contributed by atoms with Crippen LogP contribution in [0.1, 0.15) is 54.5 Å². The van der Waals surface area contributed by atoms with Crippen molar-refractivity contribution in [1.82, 2.24) is 4.98 Å². The molecular formula is C24H26ClNO3. The molecule has 2 atom stereocenters. The lowest BCUT2D eigenvalue weighted by atomic mass is 9.93. The van der Waals surface area contributed by atoms with Gasteiger partial charge in [-0.15, -0.1) is 0 Å². The summed E-state index contributed by atoms with van der Waals surface area (Å²) in [4.78, 5) is 4.33. The molecule has 4 nitrogen and oxygen atoms in total. The summed E-state index contributed by atoms with van der Waals surface area (Å²) in [5, 5.41) is 12.7. The highest BCUT2D eigenvalue weighted by Crippen LogP contribution is 2.29. The third-order valence-corrected chi connectivity index (χ3v) is 5.65. The first-order valence-electron chi connectivity index (χ1n) is 10.2. The number of halogens is 1. The molecule has 4 rings (SSSR count). The highest BCUT2D eigenvalue weighted by Gasteiger charge is 2.17. The Morgan fingerprint density at radius 3 is 2.90 bits per heavy atom. The lowest BCUT2D eigenvalue weighted by molar-refractivity contribution is -0.168. The molecular weight excluding hydrogens is 386 g/mol. The van der Waals surface area contributed by atoms with Crippen LogP contribution >= 0.6 is 11.6 Å². The molecule has 1 N–H and O–H groups in total. The number of benzene rings is 2. The van der Waals surface area contributed by atoms with Crippen molar-refractivity contribution in [1.29, 1.82) is 0 Å². The molecule has 1 aliphatic rings. The topological polar surface area (TPSA) is 51.6 Å². The van der Waals surface area contributed by atoms with Gasteiger partial charge in [-0.2, -0.15) is 0 Å². The first-order valence-corrected chi connectivity index (χ1v) is 10.6. The molecule has 2 aromatic carbocycles. The zero-order valence-corrected chi connectivity index (χ0v) is 17.4. The van der Waals surface area contributed by atoms with E-state index in [1.54, 1.807) is 6.20 Å². The van der Waals surface area contributed by atoms with Gasteiger partial charge in [-0.1, -0.05) is 42.8 Å². The van der Waals surface area contributed by atoms with E-state index < -0.39 is 6.10 Å². The third kappa shape index (κ3) is 4.78. The smallest absolute Gasteiger partial charge is 0.158 e. The van der Waals surface area contributed by atoms with Crippen LogP contribution in [-0.4, -0.2) is 23.0 Å². The summed E-state index contributed by atoms with van der Waals surface area (Å²) >= 11 is 6.09. The third-order valence-electron chi connectivity index (χ3n) is 5.45. The first kappa shape index (κ1) is 20.3. The Hall–Kier alpha value is -1.98. The monoisotopic (exact) mass is 411 g/mol. The maximum Gasteiger partial charge on any atom is 0.158 e. The predicted molar refractivity (Wildman–Crippen MR) is 115 cm³/mol. The van der Waals surface area contributed by atoms with E-state index in [0.717, 1.165) is 65.4 Å². The average molecular weight is 412 g/mol. The van der Waals surface area contributed by atoms with Gasteiger partial charge in [-0.3, -0.25) is 4.98 Å². The second-order valence-electron chi connectivity index (χ2n) is 7.50. The number of rotatable bonds is 6. The van der Waals surface area contributed by atoms with Crippen LogP contribution < -0.4 is 0 Å². The zero-order valence-electron chi connectivity index (χ0n) is 16.6. The minimum atomic E-state index is -0.723. The number of aliphatic hydroxyl groups is 1. The lowest BCUT2D eigenvalue weighted by Gasteiger charge is -2.23. The van der Waals surface area contributed by atoms with Crippen LogP contribution in [0.25, 0.3) is 10.9 Å². The summed E-state index contributed by atoms with van der Waals surface area (Å²) in [7, 11) is 0. The number of aromatic nitrogens is 1. The van der Waals surface area contributed by atoms with Crippen LogP contribution in [0.4, 0.5) is 0 Å². The zero-order chi connectivity index (χ0) is 20.2. The van der Waals surface area contributed by atoms with E-state index in [4.69, 9.17) is 21.1 Å². The van der Waals surface area contributed by atoms with E-state index in [2.05, 4.69) is 24.0 Å². The number of pyridine rings is 1. The number of fused-ring (bicyclic) bond motifs is 1. The van der Waals surface area contributed by atoms with Gasteiger partial charge in [-0.25, -0.2) is 0 Å². The number of nitrogens with zero attached hydrogens (tertiary/aromatic N) is 1. The molecule has 3 aromatic rings. The Morgan fingerprint density at radius 2 is 2.10 bits per heavy atom. The van der Waals surface area contributed by atoms with Crippen molar-refractivity contribution in [2.45, 2.75) is 51.6 Å². The van der Waals surface area contributed by atoms with Gasteiger partial charge >= 0.3 is 0 Å². The summed E-state index contributed by atoms with van der Waals surface area (Å²) in [6, 6.07) is 13.9. The molecule has 1 aromatic heterocycles. The summed E-state index contributed by atoms with van der Waals surface area (Å²) in [6.07, 6.45) is 4.82. The normalized spacial score (nSPS) is 18.1. The first-order chi connectivity index (χ1) is 14.1. The fourth-order valence-corrected chi connectivity index (χ4v) is 3.98. The van der Waals surface area contributed by atoms with Crippen LogP contribution in [-0.2, 0) is 22.5 Å². The van der Waals surface area contributed by atoms with E-state index in [-0.39, 0.29) is 6.29 Å². The fraction of sp³-hybridized carbons (Fsp3) is 0.375.